The van der Waals surface area contributed by atoms with Gasteiger partial charge < -0.3 is 29.8 Å². The van der Waals surface area contributed by atoms with Crippen LogP contribution in [0.25, 0.3) is 10.9 Å². The highest BCUT2D eigenvalue weighted by molar-refractivity contribution is 5.97. The van der Waals surface area contributed by atoms with Crippen molar-refractivity contribution >= 4 is 22.6 Å². The Hall–Kier alpha value is -2.72. The molecule has 3 aliphatic rings. The molecule has 0 radical (unpaired) electrons. The van der Waals surface area contributed by atoms with Gasteiger partial charge in [0.1, 0.15) is 17.4 Å². The molecule has 10 heteroatoms. The summed E-state index contributed by atoms with van der Waals surface area (Å²) in [6.45, 7) is 1.26. The lowest BCUT2D eigenvalue weighted by Gasteiger charge is -2.51. The predicted molar refractivity (Wildman–Crippen MR) is 113 cm³/mol. The van der Waals surface area contributed by atoms with Gasteiger partial charge in [0, 0.05) is 43.8 Å². The molecule has 2 aliphatic carbocycles. The third kappa shape index (κ3) is 2.72. The third-order valence-corrected chi connectivity index (χ3v) is 7.48. The molecule has 5 rings (SSSR count). The molecule has 2 heterocycles. The summed E-state index contributed by atoms with van der Waals surface area (Å²) in [5.41, 5.74) is 4.74. The normalized spacial score (nSPS) is 30.8. The lowest BCUT2D eigenvalue weighted by Crippen LogP contribution is -2.64. The molecule has 0 bridgehead atoms. The van der Waals surface area contributed by atoms with Crippen molar-refractivity contribution in [3.63, 3.8) is 0 Å². The smallest absolute Gasteiger partial charge is 0.341 e. The van der Waals surface area contributed by atoms with Crippen LogP contribution in [0.4, 0.5) is 14.5 Å². The van der Waals surface area contributed by atoms with E-state index >= 15 is 4.39 Å². The molecule has 3 N–H and O–H groups in total. The van der Waals surface area contributed by atoms with Crippen LogP contribution in [-0.4, -0.2) is 61.3 Å². The number of methoxy groups -OCH3 is 2. The minimum absolute atomic E-state index is 0.0746. The molecule has 32 heavy (non-hydrogen) atoms. The molecular formula is C22H25F2N3O5. The van der Waals surface area contributed by atoms with E-state index in [1.165, 1.54) is 11.7 Å². The van der Waals surface area contributed by atoms with E-state index in [1.54, 1.807) is 12.0 Å². The molecule has 0 unspecified atom stereocenters. The van der Waals surface area contributed by atoms with Gasteiger partial charge >= 0.3 is 5.97 Å². The minimum Gasteiger partial charge on any atom is -0.492 e. The van der Waals surface area contributed by atoms with Crippen LogP contribution < -0.4 is 20.8 Å². The Morgan fingerprint density at radius 2 is 2.06 bits per heavy atom. The first kappa shape index (κ1) is 21.1. The fourth-order valence-electron chi connectivity index (χ4n) is 5.53. The summed E-state index contributed by atoms with van der Waals surface area (Å²) in [5, 5.41) is 9.29. The average Bonchev–Trinajstić information content (AvgIpc) is 3.43. The zero-order valence-corrected chi connectivity index (χ0v) is 17.9. The summed E-state index contributed by atoms with van der Waals surface area (Å²) in [4.78, 5) is 26.2. The van der Waals surface area contributed by atoms with E-state index in [9.17, 15) is 19.1 Å². The Morgan fingerprint density at radius 1 is 1.34 bits per heavy atom. The second-order valence-electron chi connectivity index (χ2n) is 9.27. The quantitative estimate of drug-likeness (QED) is 0.695. The number of pyridine rings is 1. The van der Waals surface area contributed by atoms with Gasteiger partial charge in [-0.05, 0) is 18.9 Å². The van der Waals surface area contributed by atoms with Gasteiger partial charge in [-0.2, -0.15) is 0 Å². The molecule has 2 saturated carbocycles. The lowest BCUT2D eigenvalue weighted by atomic mass is 9.57. The van der Waals surface area contributed by atoms with E-state index in [-0.39, 0.29) is 34.2 Å². The van der Waals surface area contributed by atoms with Crippen LogP contribution in [-0.2, 0) is 4.74 Å². The maximum atomic E-state index is 15.5. The van der Waals surface area contributed by atoms with Gasteiger partial charge in [-0.15, -0.1) is 0 Å². The minimum atomic E-state index is -1.45. The fraction of sp³-hybridized carbons (Fsp3) is 0.545. The Bertz CT molecular complexity index is 1200. The van der Waals surface area contributed by atoms with Gasteiger partial charge in [0.2, 0.25) is 5.43 Å². The van der Waals surface area contributed by atoms with E-state index in [0.29, 0.717) is 19.7 Å². The zero-order valence-electron chi connectivity index (χ0n) is 17.9. The molecule has 1 saturated heterocycles. The summed E-state index contributed by atoms with van der Waals surface area (Å²) in [7, 11) is 2.96. The number of carboxylic acids is 1. The van der Waals surface area contributed by atoms with Crippen LogP contribution in [0, 0.1) is 11.2 Å². The van der Waals surface area contributed by atoms with Crippen LogP contribution in [0.15, 0.2) is 17.1 Å². The standard InChI is InChI=1S/C22H25F2N3O5/c1-31-10-21-3-4-22(21,25)9-26(8-21)17-14(24)5-11-16(19(17)32-2)27(15-6-13(15)23)7-12(18(11)28)20(29)30/h5,7,13,15H,3-4,6,8-10,25H2,1-2H3,(H,29,30)/t13-,15+,21+,22+/m0/s1. The van der Waals surface area contributed by atoms with Gasteiger partial charge in [-0.1, -0.05) is 0 Å². The summed E-state index contributed by atoms with van der Waals surface area (Å²) in [6.07, 6.45) is 1.76. The van der Waals surface area contributed by atoms with Crippen LogP contribution in [0.2, 0.25) is 0 Å². The van der Waals surface area contributed by atoms with Crippen LogP contribution >= 0.6 is 0 Å². The molecule has 1 aromatic carbocycles. The average molecular weight is 449 g/mol. The number of alkyl halides is 1. The summed E-state index contributed by atoms with van der Waals surface area (Å²) < 4.78 is 41.9. The number of aromatic nitrogens is 1. The molecule has 1 aliphatic heterocycles. The van der Waals surface area contributed by atoms with Crippen molar-refractivity contribution in [3.05, 3.63) is 33.9 Å². The third-order valence-electron chi connectivity index (χ3n) is 7.48. The van der Waals surface area contributed by atoms with E-state index in [0.717, 1.165) is 25.1 Å². The van der Waals surface area contributed by atoms with Crippen LogP contribution in [0.1, 0.15) is 35.7 Å². The number of aromatic carboxylic acids is 1. The van der Waals surface area contributed by atoms with E-state index in [4.69, 9.17) is 15.2 Å². The zero-order chi connectivity index (χ0) is 23.0. The number of ether oxygens (including phenoxy) is 2. The summed E-state index contributed by atoms with van der Waals surface area (Å²) in [5.74, 6) is -2.09. The first-order valence-corrected chi connectivity index (χ1v) is 10.5. The molecule has 8 nitrogen and oxygen atoms in total. The van der Waals surface area contributed by atoms with Crippen molar-refractivity contribution in [1.29, 1.82) is 0 Å². The number of benzene rings is 1. The second kappa shape index (κ2) is 6.89. The van der Waals surface area contributed by atoms with E-state index in [1.807, 2.05) is 0 Å². The van der Waals surface area contributed by atoms with Gasteiger partial charge in [0.25, 0.3) is 0 Å². The number of anilines is 1. The number of nitrogens with zero attached hydrogens (tertiary/aromatic N) is 2. The Morgan fingerprint density at radius 3 is 2.59 bits per heavy atom. The van der Waals surface area contributed by atoms with E-state index in [2.05, 4.69) is 0 Å². The first-order chi connectivity index (χ1) is 15.2. The second-order valence-corrected chi connectivity index (χ2v) is 9.27. The molecule has 0 spiro atoms. The molecule has 172 valence electrons. The SMILES string of the molecule is COC[C@]12CC[C@@]1(N)CN(c1c(F)cc3c(=O)c(C(=O)O)cn([C@@H]4C[C@@H]4F)c3c1OC)C2. The van der Waals surface area contributed by atoms with Crippen molar-refractivity contribution < 1.29 is 28.2 Å². The maximum Gasteiger partial charge on any atom is 0.341 e. The van der Waals surface area contributed by atoms with Crippen molar-refractivity contribution in [2.75, 3.05) is 38.8 Å². The number of nitrogens with two attached hydrogens (primary N) is 1. The van der Waals surface area contributed by atoms with Gasteiger partial charge in [0.15, 0.2) is 11.6 Å². The van der Waals surface area contributed by atoms with Gasteiger partial charge in [-0.25, -0.2) is 13.6 Å². The van der Waals surface area contributed by atoms with Gasteiger partial charge in [-0.3, -0.25) is 4.79 Å². The van der Waals surface area contributed by atoms with Crippen molar-refractivity contribution in [2.24, 2.45) is 11.1 Å². The predicted octanol–water partition coefficient (Wildman–Crippen LogP) is 2.07. The van der Waals surface area contributed by atoms with Crippen molar-refractivity contribution in [2.45, 2.75) is 37.0 Å². The number of fused-ring (bicyclic) bond motifs is 2. The number of halogens is 2. The van der Waals surface area contributed by atoms with Crippen LogP contribution in [0.5, 0.6) is 5.75 Å². The number of rotatable bonds is 6. The molecule has 0 amide bonds. The highest BCUT2D eigenvalue weighted by Gasteiger charge is 2.62. The topological polar surface area (TPSA) is 107 Å². The summed E-state index contributed by atoms with van der Waals surface area (Å²) >= 11 is 0. The Labute approximate surface area is 182 Å². The highest BCUT2D eigenvalue weighted by Crippen LogP contribution is 2.56. The molecule has 1 aromatic heterocycles. The van der Waals surface area contributed by atoms with Gasteiger partial charge in [0.05, 0.1) is 30.7 Å². The highest BCUT2D eigenvalue weighted by atomic mass is 19.1. The number of hydrogen-bond acceptors (Lipinski definition) is 6. The summed E-state index contributed by atoms with van der Waals surface area (Å²) in [6, 6.07) is 0.388. The first-order valence-electron chi connectivity index (χ1n) is 10.5. The lowest BCUT2D eigenvalue weighted by molar-refractivity contribution is -0.0260. The Kier molecular flexibility index (Phi) is 4.55. The molecule has 3 fully saturated rings. The molecular weight excluding hydrogens is 424 g/mol. The Balaban J connectivity index is 1.74. The number of carboxylic acid groups (broad SMARTS) is 1. The van der Waals surface area contributed by atoms with Crippen molar-refractivity contribution in [3.8, 4) is 5.75 Å². The molecule has 4 atom stereocenters. The maximum absolute atomic E-state index is 15.5. The number of carbonyl (C=O) groups is 1. The van der Waals surface area contributed by atoms with E-state index < -0.39 is 40.5 Å². The molecule has 2 aromatic rings. The number of hydrogen-bond donors (Lipinski definition) is 2. The fourth-order valence-corrected chi connectivity index (χ4v) is 5.53. The monoisotopic (exact) mass is 449 g/mol. The largest absolute Gasteiger partial charge is 0.492 e. The van der Waals surface area contributed by atoms with Crippen LogP contribution in [0.3, 0.4) is 0 Å². The van der Waals surface area contributed by atoms with Crippen molar-refractivity contribution in [1.82, 2.24) is 4.57 Å².